The van der Waals surface area contributed by atoms with E-state index in [0.717, 1.165) is 16.5 Å². The summed E-state index contributed by atoms with van der Waals surface area (Å²) in [6.45, 7) is 7.30. The molecular weight excluding hydrogens is 307 g/mol. The lowest BCUT2D eigenvalue weighted by Crippen LogP contribution is -2.38. The van der Waals surface area contributed by atoms with E-state index in [1.807, 2.05) is 27.7 Å². The molecule has 0 radical (unpaired) electrons. The number of amides is 1. The number of alkyl carbamates (subject to hydrolysis) is 1. The molecule has 2 rings (SSSR count). The second-order valence-corrected chi connectivity index (χ2v) is 6.78. The minimum Gasteiger partial charge on any atom is -0.444 e. The van der Waals surface area contributed by atoms with Crippen LogP contribution in [-0.2, 0) is 11.2 Å². The van der Waals surface area contributed by atoms with Crippen LogP contribution in [-0.4, -0.2) is 22.7 Å². The highest BCUT2D eigenvalue weighted by Gasteiger charge is 2.18. The van der Waals surface area contributed by atoms with Gasteiger partial charge in [-0.15, -0.1) is 0 Å². The molecule has 1 amide bonds. The van der Waals surface area contributed by atoms with E-state index in [2.05, 4.69) is 10.3 Å². The summed E-state index contributed by atoms with van der Waals surface area (Å²) in [7, 11) is 0. The van der Waals surface area contributed by atoms with Crippen molar-refractivity contribution in [2.45, 2.75) is 45.8 Å². The van der Waals surface area contributed by atoms with E-state index in [9.17, 15) is 9.18 Å². The number of carbonyl (C=O) groups excluding carboxylic acids is 1. The molecule has 120 valence electrons. The Morgan fingerprint density at radius 3 is 2.77 bits per heavy atom. The fraction of sp³-hybridized carbons (Fsp3) is 0.438. The number of hydrogen-bond acceptors (Lipinski definition) is 2. The minimum absolute atomic E-state index is 0.0841. The highest BCUT2D eigenvalue weighted by atomic mass is 35.5. The summed E-state index contributed by atoms with van der Waals surface area (Å²) in [5.74, 6) is -0.456. The molecular formula is C16H20ClFN2O2. The number of aromatic amines is 1. The fourth-order valence-electron chi connectivity index (χ4n) is 2.23. The molecule has 22 heavy (non-hydrogen) atoms. The first-order valence-electron chi connectivity index (χ1n) is 7.10. The molecule has 2 N–H and O–H groups in total. The molecule has 1 atom stereocenters. The first kappa shape index (κ1) is 16.6. The Labute approximate surface area is 134 Å². The van der Waals surface area contributed by atoms with Crippen LogP contribution in [0.25, 0.3) is 10.9 Å². The van der Waals surface area contributed by atoms with E-state index in [1.54, 1.807) is 12.3 Å². The maximum absolute atomic E-state index is 13.6. The van der Waals surface area contributed by atoms with Crippen molar-refractivity contribution < 1.29 is 13.9 Å². The summed E-state index contributed by atoms with van der Waals surface area (Å²) >= 11 is 5.76. The second kappa shape index (κ2) is 6.16. The number of rotatable bonds is 3. The predicted octanol–water partition coefficient (Wildman–Crippen LogP) is 4.42. The maximum Gasteiger partial charge on any atom is 0.407 e. The second-order valence-electron chi connectivity index (χ2n) is 6.38. The Hall–Kier alpha value is -1.75. The van der Waals surface area contributed by atoms with Gasteiger partial charge in [0, 0.05) is 23.1 Å². The molecule has 6 heteroatoms. The molecule has 0 aliphatic carbocycles. The van der Waals surface area contributed by atoms with E-state index in [0.29, 0.717) is 6.42 Å². The van der Waals surface area contributed by atoms with E-state index in [1.165, 1.54) is 6.07 Å². The van der Waals surface area contributed by atoms with Gasteiger partial charge in [-0.1, -0.05) is 11.6 Å². The van der Waals surface area contributed by atoms with Gasteiger partial charge in [0.15, 0.2) is 0 Å². The lowest BCUT2D eigenvalue weighted by Gasteiger charge is -2.21. The summed E-state index contributed by atoms with van der Waals surface area (Å²) in [6.07, 6.45) is 1.89. The molecule has 1 aromatic heterocycles. The van der Waals surface area contributed by atoms with Gasteiger partial charge < -0.3 is 15.0 Å². The molecule has 1 unspecified atom stereocenters. The number of benzene rings is 1. The average molecular weight is 327 g/mol. The molecule has 2 aromatic rings. The highest BCUT2D eigenvalue weighted by molar-refractivity contribution is 6.31. The van der Waals surface area contributed by atoms with Crippen molar-refractivity contribution in [3.05, 3.63) is 34.7 Å². The number of halogens is 2. The molecule has 0 saturated heterocycles. The number of H-pyrrole nitrogens is 1. The first-order valence-corrected chi connectivity index (χ1v) is 7.48. The third-order valence-corrected chi connectivity index (χ3v) is 3.39. The molecule has 1 heterocycles. The van der Waals surface area contributed by atoms with Gasteiger partial charge in [-0.05, 0) is 51.8 Å². The number of ether oxygens (including phenoxy) is 1. The number of carbonyl (C=O) groups is 1. The van der Waals surface area contributed by atoms with Gasteiger partial charge in [0.05, 0.1) is 5.02 Å². The van der Waals surface area contributed by atoms with Crippen LogP contribution in [0.3, 0.4) is 0 Å². The summed E-state index contributed by atoms with van der Waals surface area (Å²) in [5.41, 5.74) is 1.14. The Kier molecular flexibility index (Phi) is 4.66. The molecule has 0 aliphatic rings. The van der Waals surface area contributed by atoms with Crippen LogP contribution >= 0.6 is 11.6 Å². The SMILES string of the molecule is CC(Cc1c[nH]c2cc(Cl)c(F)cc12)NC(=O)OC(C)(C)C. The lowest BCUT2D eigenvalue weighted by molar-refractivity contribution is 0.0508. The Bertz CT molecular complexity index is 691. The normalized spacial score (nSPS) is 13.2. The van der Waals surface area contributed by atoms with Crippen LogP contribution < -0.4 is 5.32 Å². The first-order chi connectivity index (χ1) is 10.2. The van der Waals surface area contributed by atoms with Crippen molar-refractivity contribution in [1.29, 1.82) is 0 Å². The van der Waals surface area contributed by atoms with Gasteiger partial charge in [-0.2, -0.15) is 0 Å². The van der Waals surface area contributed by atoms with E-state index >= 15 is 0 Å². The van der Waals surface area contributed by atoms with Gasteiger partial charge in [-0.25, -0.2) is 9.18 Å². The largest absolute Gasteiger partial charge is 0.444 e. The van der Waals surface area contributed by atoms with Crippen LogP contribution in [0.2, 0.25) is 5.02 Å². The zero-order valence-corrected chi connectivity index (χ0v) is 13.8. The van der Waals surface area contributed by atoms with Crippen LogP contribution in [0.4, 0.5) is 9.18 Å². The number of hydrogen-bond donors (Lipinski definition) is 2. The summed E-state index contributed by atoms with van der Waals surface area (Å²) in [6, 6.07) is 2.82. The van der Waals surface area contributed by atoms with Crippen LogP contribution in [0.5, 0.6) is 0 Å². The molecule has 0 saturated carbocycles. The van der Waals surface area contributed by atoms with Gasteiger partial charge in [0.25, 0.3) is 0 Å². The van der Waals surface area contributed by atoms with E-state index < -0.39 is 17.5 Å². The highest BCUT2D eigenvalue weighted by Crippen LogP contribution is 2.25. The zero-order valence-electron chi connectivity index (χ0n) is 13.1. The van der Waals surface area contributed by atoms with Gasteiger partial charge >= 0.3 is 6.09 Å². The van der Waals surface area contributed by atoms with Crippen LogP contribution in [0, 0.1) is 5.82 Å². The zero-order chi connectivity index (χ0) is 16.5. The Morgan fingerprint density at radius 2 is 2.14 bits per heavy atom. The van der Waals surface area contributed by atoms with Crippen molar-refractivity contribution in [1.82, 2.24) is 10.3 Å². The molecule has 0 spiro atoms. The predicted molar refractivity (Wildman–Crippen MR) is 85.8 cm³/mol. The van der Waals surface area contributed by atoms with Crippen molar-refractivity contribution in [3.8, 4) is 0 Å². The summed E-state index contributed by atoms with van der Waals surface area (Å²) in [4.78, 5) is 14.8. The van der Waals surface area contributed by atoms with Crippen LogP contribution in [0.15, 0.2) is 18.3 Å². The fourth-order valence-corrected chi connectivity index (χ4v) is 2.40. The van der Waals surface area contributed by atoms with Crippen molar-refractivity contribution in [3.63, 3.8) is 0 Å². The molecule has 0 aliphatic heterocycles. The number of nitrogens with one attached hydrogen (secondary N) is 2. The van der Waals surface area contributed by atoms with E-state index in [-0.39, 0.29) is 11.1 Å². The molecule has 0 fully saturated rings. The Morgan fingerprint density at radius 1 is 1.45 bits per heavy atom. The smallest absolute Gasteiger partial charge is 0.407 e. The van der Waals surface area contributed by atoms with Crippen LogP contribution in [0.1, 0.15) is 33.3 Å². The molecule has 0 bridgehead atoms. The third-order valence-electron chi connectivity index (χ3n) is 3.10. The number of aromatic nitrogens is 1. The van der Waals surface area contributed by atoms with Crippen molar-refractivity contribution >= 4 is 28.6 Å². The average Bonchev–Trinajstić information content (AvgIpc) is 2.70. The van der Waals surface area contributed by atoms with Gasteiger partial charge in [0.2, 0.25) is 0 Å². The van der Waals surface area contributed by atoms with Crippen molar-refractivity contribution in [2.24, 2.45) is 0 Å². The summed E-state index contributed by atoms with van der Waals surface area (Å²) < 4.78 is 18.8. The monoisotopic (exact) mass is 326 g/mol. The topological polar surface area (TPSA) is 54.1 Å². The standard InChI is InChI=1S/C16H20ClFN2O2/c1-9(20-15(21)22-16(2,3)4)5-10-8-19-14-7-12(17)13(18)6-11(10)14/h6-9,19H,5H2,1-4H3,(H,20,21). The minimum atomic E-state index is -0.537. The number of fused-ring (bicyclic) bond motifs is 1. The maximum atomic E-state index is 13.6. The van der Waals surface area contributed by atoms with Crippen molar-refractivity contribution in [2.75, 3.05) is 0 Å². The van der Waals surface area contributed by atoms with Gasteiger partial charge in [-0.3, -0.25) is 0 Å². The summed E-state index contributed by atoms with van der Waals surface area (Å²) in [5, 5.41) is 3.62. The Balaban J connectivity index is 2.07. The molecule has 1 aromatic carbocycles. The van der Waals surface area contributed by atoms with E-state index in [4.69, 9.17) is 16.3 Å². The quantitative estimate of drug-likeness (QED) is 0.877. The van der Waals surface area contributed by atoms with Gasteiger partial charge in [0.1, 0.15) is 11.4 Å². The third kappa shape index (κ3) is 4.13. The lowest BCUT2D eigenvalue weighted by atomic mass is 10.1. The molecule has 4 nitrogen and oxygen atoms in total.